The Morgan fingerprint density at radius 3 is 2.64 bits per heavy atom. The van der Waals surface area contributed by atoms with Crippen LogP contribution in [0.1, 0.15) is 18.4 Å². The number of benzene rings is 1. The smallest absolute Gasteiger partial charge is 0.344 e. The number of rotatable bonds is 8. The Balaban J connectivity index is 1.67. The quantitative estimate of drug-likeness (QED) is 0.699. The number of esters is 1. The Morgan fingerprint density at radius 1 is 1.28 bits per heavy atom. The second-order valence-electron chi connectivity index (χ2n) is 5.95. The maximum absolute atomic E-state index is 11.9. The molecule has 0 heterocycles. The lowest BCUT2D eigenvalue weighted by molar-refractivity contribution is -0.153. The van der Waals surface area contributed by atoms with Gasteiger partial charge in [-0.15, -0.1) is 0 Å². The molecule has 0 radical (unpaired) electrons. The molecule has 136 valence electrons. The van der Waals surface area contributed by atoms with Gasteiger partial charge in [-0.1, -0.05) is 11.6 Å². The van der Waals surface area contributed by atoms with Crippen LogP contribution in [0.25, 0.3) is 0 Å². The number of carbonyl (C=O) groups excluding carboxylic acids is 3. The Labute approximate surface area is 151 Å². The topological polar surface area (TPSA) is 84.9 Å². The van der Waals surface area contributed by atoms with E-state index in [9.17, 15) is 14.4 Å². The lowest BCUT2D eigenvalue weighted by atomic mass is 10.2. The molecule has 1 saturated carbocycles. The van der Waals surface area contributed by atoms with Gasteiger partial charge in [-0.2, -0.15) is 0 Å². The van der Waals surface area contributed by atoms with Gasteiger partial charge in [0.05, 0.1) is 6.54 Å². The van der Waals surface area contributed by atoms with Gasteiger partial charge < -0.3 is 19.7 Å². The van der Waals surface area contributed by atoms with Crippen LogP contribution >= 0.6 is 11.6 Å². The molecule has 7 nitrogen and oxygen atoms in total. The number of ether oxygens (including phenoxy) is 2. The molecule has 0 aromatic heterocycles. The zero-order valence-electron chi connectivity index (χ0n) is 14.2. The Bertz CT molecular complexity index is 660. The summed E-state index contributed by atoms with van der Waals surface area (Å²) in [6, 6.07) is 5.26. The lowest BCUT2D eigenvalue weighted by Crippen LogP contribution is -2.40. The average Bonchev–Trinajstić information content (AvgIpc) is 3.35. The minimum Gasteiger partial charge on any atom is -0.482 e. The molecule has 0 unspecified atom stereocenters. The molecule has 0 bridgehead atoms. The van der Waals surface area contributed by atoms with Crippen molar-refractivity contribution in [2.45, 2.75) is 25.8 Å². The summed E-state index contributed by atoms with van der Waals surface area (Å²) in [7, 11) is 1.48. The van der Waals surface area contributed by atoms with Gasteiger partial charge in [0.25, 0.3) is 5.91 Å². The zero-order chi connectivity index (χ0) is 18.4. The van der Waals surface area contributed by atoms with E-state index in [1.807, 2.05) is 0 Å². The highest BCUT2D eigenvalue weighted by atomic mass is 35.5. The van der Waals surface area contributed by atoms with E-state index in [1.165, 1.54) is 11.9 Å². The molecule has 1 fully saturated rings. The number of nitrogens with one attached hydrogen (secondary N) is 1. The molecule has 25 heavy (non-hydrogen) atoms. The Hall–Kier alpha value is -2.28. The minimum atomic E-state index is -0.668. The highest BCUT2D eigenvalue weighted by Crippen LogP contribution is 2.21. The fourth-order valence-electron chi connectivity index (χ4n) is 2.01. The van der Waals surface area contributed by atoms with Crippen LogP contribution in [-0.2, 0) is 19.1 Å². The summed E-state index contributed by atoms with van der Waals surface area (Å²) < 4.78 is 10.2. The van der Waals surface area contributed by atoms with Crippen LogP contribution in [0.4, 0.5) is 0 Å². The Kier molecular flexibility index (Phi) is 6.64. The SMILES string of the molecule is Cc1cc(Cl)ccc1OCC(=O)OCC(=O)N(C)CC(=O)NC1CC1. The van der Waals surface area contributed by atoms with E-state index in [0.29, 0.717) is 10.8 Å². The van der Waals surface area contributed by atoms with Crippen molar-refractivity contribution >= 4 is 29.4 Å². The highest BCUT2D eigenvalue weighted by Gasteiger charge is 2.24. The molecule has 0 aliphatic heterocycles. The summed E-state index contributed by atoms with van der Waals surface area (Å²) in [6.45, 7) is 0.988. The molecule has 0 saturated heterocycles. The molecule has 0 spiro atoms. The predicted molar refractivity (Wildman–Crippen MR) is 91.4 cm³/mol. The van der Waals surface area contributed by atoms with Gasteiger partial charge in [-0.05, 0) is 43.5 Å². The number of aryl methyl sites for hydroxylation is 1. The molecular formula is C17H21ClN2O5. The third-order valence-electron chi connectivity index (χ3n) is 3.59. The van der Waals surface area contributed by atoms with Gasteiger partial charge in [0.2, 0.25) is 5.91 Å². The van der Waals surface area contributed by atoms with E-state index >= 15 is 0 Å². The molecule has 1 aromatic carbocycles. The fraction of sp³-hybridized carbons (Fsp3) is 0.471. The van der Waals surface area contributed by atoms with E-state index in [1.54, 1.807) is 25.1 Å². The second kappa shape index (κ2) is 8.71. The first kappa shape index (κ1) is 19.1. The number of carbonyl (C=O) groups is 3. The number of hydrogen-bond donors (Lipinski definition) is 1. The summed E-state index contributed by atoms with van der Waals surface area (Å²) in [5.41, 5.74) is 0.790. The van der Waals surface area contributed by atoms with E-state index in [-0.39, 0.29) is 25.1 Å². The van der Waals surface area contributed by atoms with Crippen LogP contribution in [0.5, 0.6) is 5.75 Å². The van der Waals surface area contributed by atoms with Crippen LogP contribution in [0.3, 0.4) is 0 Å². The van der Waals surface area contributed by atoms with Crippen LogP contribution < -0.4 is 10.1 Å². The largest absolute Gasteiger partial charge is 0.482 e. The van der Waals surface area contributed by atoms with Crippen molar-refractivity contribution in [2.24, 2.45) is 0 Å². The highest BCUT2D eigenvalue weighted by molar-refractivity contribution is 6.30. The van der Waals surface area contributed by atoms with Crippen molar-refractivity contribution in [3.63, 3.8) is 0 Å². The summed E-state index contributed by atoms with van der Waals surface area (Å²) in [5, 5.41) is 3.36. The van der Waals surface area contributed by atoms with Gasteiger partial charge >= 0.3 is 5.97 Å². The van der Waals surface area contributed by atoms with E-state index in [4.69, 9.17) is 21.1 Å². The number of amides is 2. The van der Waals surface area contributed by atoms with Crippen LogP contribution in [0, 0.1) is 6.92 Å². The maximum atomic E-state index is 11.9. The van der Waals surface area contributed by atoms with Crippen molar-refractivity contribution in [1.82, 2.24) is 10.2 Å². The average molecular weight is 369 g/mol. The normalized spacial score (nSPS) is 13.1. The van der Waals surface area contributed by atoms with Gasteiger partial charge in [0, 0.05) is 18.1 Å². The van der Waals surface area contributed by atoms with Crippen molar-refractivity contribution in [2.75, 3.05) is 26.8 Å². The van der Waals surface area contributed by atoms with Crippen LogP contribution in [-0.4, -0.2) is 55.5 Å². The predicted octanol–water partition coefficient (Wildman–Crippen LogP) is 1.31. The number of nitrogens with zero attached hydrogens (tertiary/aromatic N) is 1. The van der Waals surface area contributed by atoms with E-state index in [2.05, 4.69) is 5.32 Å². The third kappa shape index (κ3) is 6.62. The van der Waals surface area contributed by atoms with Gasteiger partial charge in [-0.3, -0.25) is 9.59 Å². The molecular weight excluding hydrogens is 348 g/mol. The summed E-state index contributed by atoms with van der Waals surface area (Å²) in [4.78, 5) is 36.4. The zero-order valence-corrected chi connectivity index (χ0v) is 15.0. The van der Waals surface area contributed by atoms with Crippen molar-refractivity contribution in [1.29, 1.82) is 0 Å². The molecule has 1 N–H and O–H groups in total. The number of likely N-dealkylation sites (N-methyl/N-ethyl adjacent to an activating group) is 1. The monoisotopic (exact) mass is 368 g/mol. The molecule has 1 aliphatic carbocycles. The summed E-state index contributed by atoms with van der Waals surface area (Å²) in [6.07, 6.45) is 1.96. The van der Waals surface area contributed by atoms with Gasteiger partial charge in [0.15, 0.2) is 13.2 Å². The number of hydrogen-bond acceptors (Lipinski definition) is 5. The Morgan fingerprint density at radius 2 is 2.00 bits per heavy atom. The number of halogens is 1. The molecule has 1 aromatic rings. The first-order valence-corrected chi connectivity index (χ1v) is 8.31. The summed E-state index contributed by atoms with van der Waals surface area (Å²) >= 11 is 5.84. The van der Waals surface area contributed by atoms with Crippen molar-refractivity contribution < 1.29 is 23.9 Å². The molecule has 8 heteroatoms. The van der Waals surface area contributed by atoms with Gasteiger partial charge in [-0.25, -0.2) is 4.79 Å². The van der Waals surface area contributed by atoms with E-state index in [0.717, 1.165) is 18.4 Å². The molecule has 0 atom stereocenters. The second-order valence-corrected chi connectivity index (χ2v) is 6.39. The van der Waals surface area contributed by atoms with Crippen molar-refractivity contribution in [3.05, 3.63) is 28.8 Å². The third-order valence-corrected chi connectivity index (χ3v) is 3.82. The molecule has 2 rings (SSSR count). The first-order chi connectivity index (χ1) is 11.8. The lowest BCUT2D eigenvalue weighted by Gasteiger charge is -2.16. The van der Waals surface area contributed by atoms with Crippen molar-refractivity contribution in [3.8, 4) is 5.75 Å². The van der Waals surface area contributed by atoms with Crippen LogP contribution in [0.15, 0.2) is 18.2 Å². The van der Waals surface area contributed by atoms with E-state index < -0.39 is 18.5 Å². The molecule has 1 aliphatic rings. The van der Waals surface area contributed by atoms with Crippen LogP contribution in [0.2, 0.25) is 5.02 Å². The maximum Gasteiger partial charge on any atom is 0.344 e. The minimum absolute atomic E-state index is 0.0621. The standard InChI is InChI=1S/C17H21ClN2O5/c1-11-7-12(18)3-6-14(11)24-10-17(23)25-9-16(22)20(2)8-15(21)19-13-4-5-13/h3,6-7,13H,4-5,8-10H2,1-2H3,(H,19,21). The summed E-state index contributed by atoms with van der Waals surface area (Å²) in [5.74, 6) is -0.826. The fourth-order valence-corrected chi connectivity index (χ4v) is 2.24. The van der Waals surface area contributed by atoms with Gasteiger partial charge in [0.1, 0.15) is 5.75 Å². The molecule has 2 amide bonds. The first-order valence-electron chi connectivity index (χ1n) is 7.93.